The molecule has 4 aromatic rings. The van der Waals surface area contributed by atoms with E-state index in [9.17, 15) is 14.0 Å². The highest BCUT2D eigenvalue weighted by atomic mass is 19.1. The van der Waals surface area contributed by atoms with Gasteiger partial charge in [0.2, 0.25) is 11.8 Å². The van der Waals surface area contributed by atoms with Gasteiger partial charge in [0.1, 0.15) is 18.0 Å². The number of carbonyl (C=O) groups excluding carboxylic acids is 2. The Morgan fingerprint density at radius 2 is 2.03 bits per heavy atom. The maximum atomic E-state index is 14.5. The molecule has 1 aliphatic heterocycles. The largest absolute Gasteiger partial charge is 0.364 e. The number of nitrogens with zero attached hydrogens (tertiary/aromatic N) is 6. The summed E-state index contributed by atoms with van der Waals surface area (Å²) in [7, 11) is 0. The lowest BCUT2D eigenvalue weighted by Crippen LogP contribution is -2.44. The van der Waals surface area contributed by atoms with Crippen LogP contribution in [0.4, 0.5) is 10.3 Å². The van der Waals surface area contributed by atoms with E-state index in [2.05, 4.69) is 32.7 Å². The summed E-state index contributed by atoms with van der Waals surface area (Å²) in [5.41, 5.74) is 8.60. The van der Waals surface area contributed by atoms with Crippen LogP contribution < -0.4 is 11.1 Å². The quantitative estimate of drug-likeness (QED) is 0.241. The maximum absolute atomic E-state index is 14.5. The Labute approximate surface area is 221 Å². The molecule has 1 aromatic carbocycles. The number of amides is 2. The van der Waals surface area contributed by atoms with Crippen LogP contribution in [0.25, 0.3) is 22.0 Å². The van der Waals surface area contributed by atoms with Gasteiger partial charge in [0.15, 0.2) is 5.69 Å². The molecule has 1 aliphatic carbocycles. The Bertz CT molecular complexity index is 1580. The van der Waals surface area contributed by atoms with Gasteiger partial charge in [0, 0.05) is 29.4 Å². The number of carbonyl (C=O) groups is 2. The Balaban J connectivity index is 1.22. The smallest absolute Gasteiger partial charge is 0.269 e. The molecule has 2 fully saturated rings. The topological polar surface area (TPSA) is 169 Å². The Kier molecular flexibility index (Phi) is 6.04. The van der Waals surface area contributed by atoms with E-state index in [4.69, 9.17) is 15.7 Å². The van der Waals surface area contributed by atoms with Gasteiger partial charge in [-0.15, -0.1) is 0 Å². The number of alkyl halides is 1. The summed E-state index contributed by atoms with van der Waals surface area (Å²) in [6, 6.07) is 7.95. The summed E-state index contributed by atoms with van der Waals surface area (Å²) in [6.45, 7) is 1.91. The molecule has 4 N–H and O–H groups in total. The van der Waals surface area contributed by atoms with Crippen molar-refractivity contribution in [2.24, 2.45) is 11.7 Å². The first-order chi connectivity index (χ1) is 18.8. The van der Waals surface area contributed by atoms with Crippen LogP contribution in [-0.2, 0) is 11.3 Å². The lowest BCUT2D eigenvalue weighted by atomic mass is 10.0. The van der Waals surface area contributed by atoms with Gasteiger partial charge in [-0.25, -0.2) is 4.39 Å². The number of hydrogen-bond acceptors (Lipinski definition) is 8. The highest BCUT2D eigenvalue weighted by molar-refractivity contribution is 6.05. The second-order valence-corrected chi connectivity index (χ2v) is 10.1. The van der Waals surface area contributed by atoms with E-state index in [1.54, 1.807) is 36.7 Å². The zero-order valence-corrected chi connectivity index (χ0v) is 21.0. The Morgan fingerprint density at radius 1 is 1.21 bits per heavy atom. The molecule has 4 heterocycles. The van der Waals surface area contributed by atoms with Crippen LogP contribution in [0.1, 0.15) is 41.9 Å². The normalized spacial score (nSPS) is 22.3. The second-order valence-electron chi connectivity index (χ2n) is 10.1. The van der Waals surface area contributed by atoms with Gasteiger partial charge < -0.3 is 15.2 Å². The van der Waals surface area contributed by atoms with Gasteiger partial charge in [-0.2, -0.15) is 15.3 Å². The fourth-order valence-corrected chi connectivity index (χ4v) is 5.15. The fraction of sp³-hybridized carbons (Fsp3) is 0.346. The molecule has 4 atom stereocenters. The number of amidine groups is 1. The van der Waals surface area contributed by atoms with Crippen LogP contribution in [0, 0.1) is 11.3 Å². The van der Waals surface area contributed by atoms with E-state index >= 15 is 0 Å². The maximum Gasteiger partial charge on any atom is 0.269 e. The molecule has 0 spiro atoms. The van der Waals surface area contributed by atoms with E-state index in [1.165, 1.54) is 9.58 Å². The lowest BCUT2D eigenvalue weighted by Gasteiger charge is -2.25. The molecule has 1 saturated carbocycles. The number of nitrogens with two attached hydrogens (primary N) is 1. The van der Waals surface area contributed by atoms with Crippen molar-refractivity contribution in [2.45, 2.75) is 44.4 Å². The summed E-state index contributed by atoms with van der Waals surface area (Å²) in [6.07, 6.45) is 2.84. The minimum absolute atomic E-state index is 0.0248. The first-order valence-corrected chi connectivity index (χ1v) is 12.6. The van der Waals surface area contributed by atoms with Crippen LogP contribution in [0.5, 0.6) is 0 Å². The number of hydrogen-bond donors (Lipinski definition) is 3. The van der Waals surface area contributed by atoms with Crippen molar-refractivity contribution in [3.8, 4) is 11.1 Å². The van der Waals surface area contributed by atoms with E-state index < -0.39 is 24.0 Å². The Morgan fingerprint density at radius 3 is 2.74 bits per heavy atom. The zero-order valence-electron chi connectivity index (χ0n) is 21.0. The van der Waals surface area contributed by atoms with E-state index in [0.29, 0.717) is 22.7 Å². The average molecular weight is 532 g/mol. The van der Waals surface area contributed by atoms with Gasteiger partial charge in [0.05, 0.1) is 36.7 Å². The van der Waals surface area contributed by atoms with E-state index in [-0.39, 0.29) is 36.9 Å². The van der Waals surface area contributed by atoms with Crippen molar-refractivity contribution >= 4 is 34.4 Å². The third-order valence-electron chi connectivity index (χ3n) is 7.36. The summed E-state index contributed by atoms with van der Waals surface area (Å²) in [5, 5.41) is 28.0. The number of primary amides is 1. The second kappa shape index (κ2) is 9.57. The van der Waals surface area contributed by atoms with Crippen molar-refractivity contribution in [2.75, 3.05) is 11.9 Å². The number of anilines is 1. The molecule has 3 aromatic heterocycles. The molecular formula is C26H26FN9O3. The molecule has 1 saturated heterocycles. The minimum atomic E-state index is -1.29. The van der Waals surface area contributed by atoms with Gasteiger partial charge in [0.25, 0.3) is 5.91 Å². The predicted octanol–water partition coefficient (Wildman–Crippen LogP) is 2.73. The molecule has 4 unspecified atom stereocenters. The summed E-state index contributed by atoms with van der Waals surface area (Å²) >= 11 is 0. The summed E-state index contributed by atoms with van der Waals surface area (Å²) < 4.78 is 21.2. The third-order valence-corrected chi connectivity index (χ3v) is 7.36. The molecule has 39 heavy (non-hydrogen) atoms. The first kappa shape index (κ1) is 24.6. The fourth-order valence-electron chi connectivity index (χ4n) is 5.15. The van der Waals surface area contributed by atoms with Crippen LogP contribution in [0.3, 0.4) is 0 Å². The molecule has 13 heteroatoms. The van der Waals surface area contributed by atoms with E-state index in [0.717, 1.165) is 23.2 Å². The minimum Gasteiger partial charge on any atom is -0.364 e. The first-order valence-electron chi connectivity index (χ1n) is 12.6. The van der Waals surface area contributed by atoms with Crippen molar-refractivity contribution in [3.63, 3.8) is 0 Å². The number of nitrogens with one attached hydrogen (secondary N) is 2. The lowest BCUT2D eigenvalue weighted by molar-refractivity contribution is -0.119. The van der Waals surface area contributed by atoms with Crippen molar-refractivity contribution in [3.05, 3.63) is 54.1 Å². The molecule has 0 bridgehead atoms. The van der Waals surface area contributed by atoms with Crippen molar-refractivity contribution in [1.29, 1.82) is 5.41 Å². The zero-order chi connectivity index (χ0) is 27.3. The highest BCUT2D eigenvalue weighted by Gasteiger charge is 2.40. The summed E-state index contributed by atoms with van der Waals surface area (Å²) in [5.74, 6) is -0.160. The molecule has 6 rings (SSSR count). The number of fused-ring (bicyclic) bond motifs is 1. The van der Waals surface area contributed by atoms with Crippen LogP contribution >= 0.6 is 0 Å². The monoisotopic (exact) mass is 531 g/mol. The van der Waals surface area contributed by atoms with Gasteiger partial charge in [-0.05, 0) is 36.1 Å². The average Bonchev–Trinajstić information content (AvgIpc) is 3.26. The van der Waals surface area contributed by atoms with Gasteiger partial charge in [-0.3, -0.25) is 25.0 Å². The number of aromatic nitrogens is 5. The number of likely N-dealkylation sites (tertiary alicyclic amines) is 1. The van der Waals surface area contributed by atoms with Gasteiger partial charge in [-0.1, -0.05) is 18.1 Å². The van der Waals surface area contributed by atoms with E-state index in [1.807, 2.05) is 6.07 Å². The molecular weight excluding hydrogens is 505 g/mol. The third kappa shape index (κ3) is 4.71. The Hall–Kier alpha value is -4.68. The number of benzene rings is 1. The predicted molar refractivity (Wildman–Crippen MR) is 139 cm³/mol. The van der Waals surface area contributed by atoms with Crippen LogP contribution in [-0.4, -0.2) is 66.4 Å². The highest BCUT2D eigenvalue weighted by Crippen LogP contribution is 2.46. The molecule has 200 valence electrons. The van der Waals surface area contributed by atoms with Crippen LogP contribution in [0.2, 0.25) is 0 Å². The standard InChI is InChI=1S/C26H26FN9O3/c1-13-6-17(13)19-9-23(39-34-19)32-26(38)21-8-16(27)11-35(21)22(28)12-36-20-3-2-14(15-4-5-30-31-10-15)7-18(20)24(33-36)25(29)37/h2-5,7,9-10,13,16-17,21,28H,6,8,11-12H2,1H3,(H2,29,37)(H,32,38). The molecule has 12 nitrogen and oxygen atoms in total. The van der Waals surface area contributed by atoms with Crippen molar-refractivity contribution < 1.29 is 18.5 Å². The molecule has 0 radical (unpaired) electrons. The summed E-state index contributed by atoms with van der Waals surface area (Å²) in [4.78, 5) is 26.7. The van der Waals surface area contributed by atoms with Crippen molar-refractivity contribution in [1.82, 2.24) is 30.0 Å². The molecule has 2 amide bonds. The SMILES string of the molecule is CC1CC1c1cc(NC(=O)C2CC(F)CN2C(=N)Cn2nc(C(N)=O)c3cc(-c4ccnnc4)ccc32)on1. The molecule has 2 aliphatic rings. The van der Waals surface area contributed by atoms with Gasteiger partial charge >= 0.3 is 0 Å². The number of rotatable bonds is 7. The number of halogens is 1. The van der Waals surface area contributed by atoms with Crippen LogP contribution in [0.15, 0.2) is 47.2 Å².